The number of nitrogens with zero attached hydrogens (tertiary/aromatic N) is 1. The van der Waals surface area contributed by atoms with Gasteiger partial charge in [0, 0.05) is 11.1 Å². The Labute approximate surface area is 85.5 Å². The van der Waals surface area contributed by atoms with Crippen LogP contribution in [0.1, 0.15) is 11.8 Å². The molecular formula is C8H11NO2S2. The molecule has 0 aliphatic heterocycles. The summed E-state index contributed by atoms with van der Waals surface area (Å²) < 4.78 is 5.81. The fourth-order valence-corrected chi connectivity index (χ4v) is 2.26. The molecule has 0 atom stereocenters. The summed E-state index contributed by atoms with van der Waals surface area (Å²) in [5.74, 6) is -0.182. The lowest BCUT2D eigenvalue weighted by atomic mass is 10.4. The number of esters is 1. The van der Waals surface area contributed by atoms with Crippen molar-refractivity contribution in [1.82, 2.24) is 4.98 Å². The molecule has 0 aliphatic rings. The molecule has 0 aliphatic carbocycles. The molecule has 13 heavy (non-hydrogen) atoms. The zero-order chi connectivity index (χ0) is 9.68. The maximum atomic E-state index is 11.1. The van der Waals surface area contributed by atoms with E-state index in [1.54, 1.807) is 24.9 Å². The maximum Gasteiger partial charge on any atom is 0.311 e. The molecule has 1 aromatic rings. The Morgan fingerprint density at radius 2 is 2.54 bits per heavy atom. The van der Waals surface area contributed by atoms with Gasteiger partial charge in [0.05, 0.1) is 13.0 Å². The predicted octanol–water partition coefficient (Wildman–Crippen LogP) is 1.97. The first kappa shape index (κ1) is 10.5. The molecule has 0 saturated carbocycles. The highest BCUT2D eigenvalue weighted by Gasteiger charge is 2.07. The lowest BCUT2D eigenvalue weighted by Gasteiger charge is -1.97. The molecule has 0 N–H and O–H groups in total. The molecular weight excluding hydrogens is 206 g/mol. The number of hydrogen-bond acceptors (Lipinski definition) is 5. The molecule has 1 heterocycles. The highest BCUT2D eigenvalue weighted by molar-refractivity contribution is 8.00. The number of thiazole rings is 1. The standard InChI is InChI=1S/C8H11NO2S2/c1-3-11-7(10)4-6-5-9-8(12-2)13-6/h5H,3-4H2,1-2H3. The second-order valence-electron chi connectivity index (χ2n) is 2.28. The first-order valence-electron chi connectivity index (χ1n) is 3.90. The summed E-state index contributed by atoms with van der Waals surface area (Å²) in [5, 5.41) is 0. The molecule has 1 aromatic heterocycles. The van der Waals surface area contributed by atoms with E-state index in [4.69, 9.17) is 4.74 Å². The van der Waals surface area contributed by atoms with Gasteiger partial charge in [-0.2, -0.15) is 0 Å². The van der Waals surface area contributed by atoms with E-state index in [1.807, 2.05) is 6.26 Å². The van der Waals surface area contributed by atoms with Crippen LogP contribution in [-0.2, 0) is 16.0 Å². The fourth-order valence-electron chi connectivity index (χ4n) is 0.820. The van der Waals surface area contributed by atoms with E-state index >= 15 is 0 Å². The van der Waals surface area contributed by atoms with Gasteiger partial charge in [0.1, 0.15) is 4.34 Å². The zero-order valence-electron chi connectivity index (χ0n) is 7.57. The van der Waals surface area contributed by atoms with Crippen molar-refractivity contribution in [3.05, 3.63) is 11.1 Å². The summed E-state index contributed by atoms with van der Waals surface area (Å²) in [5.41, 5.74) is 0. The summed E-state index contributed by atoms with van der Waals surface area (Å²) in [4.78, 5) is 16.1. The van der Waals surface area contributed by atoms with Gasteiger partial charge in [0.15, 0.2) is 0 Å². The Balaban J connectivity index is 2.49. The normalized spacial score (nSPS) is 10.0. The van der Waals surface area contributed by atoms with Crippen molar-refractivity contribution in [2.75, 3.05) is 12.9 Å². The van der Waals surface area contributed by atoms with Crippen molar-refractivity contribution in [3.8, 4) is 0 Å². The molecule has 0 unspecified atom stereocenters. The Bertz CT molecular complexity index is 285. The van der Waals surface area contributed by atoms with Crippen molar-refractivity contribution in [3.63, 3.8) is 0 Å². The summed E-state index contributed by atoms with van der Waals surface area (Å²) in [6.45, 7) is 2.24. The van der Waals surface area contributed by atoms with E-state index in [-0.39, 0.29) is 5.97 Å². The van der Waals surface area contributed by atoms with E-state index in [1.165, 1.54) is 11.3 Å². The van der Waals surface area contributed by atoms with Crippen LogP contribution >= 0.6 is 23.1 Å². The lowest BCUT2D eigenvalue weighted by Crippen LogP contribution is -2.06. The number of hydrogen-bond donors (Lipinski definition) is 0. The summed E-state index contributed by atoms with van der Waals surface area (Å²) >= 11 is 3.12. The minimum atomic E-state index is -0.182. The van der Waals surface area contributed by atoms with Gasteiger partial charge in [-0.1, -0.05) is 11.8 Å². The first-order chi connectivity index (χ1) is 6.26. The molecule has 0 fully saturated rings. The lowest BCUT2D eigenvalue weighted by molar-refractivity contribution is -0.142. The number of rotatable bonds is 4. The van der Waals surface area contributed by atoms with Crippen LogP contribution in [0.25, 0.3) is 0 Å². The van der Waals surface area contributed by atoms with Crippen LogP contribution in [0.15, 0.2) is 10.5 Å². The molecule has 3 nitrogen and oxygen atoms in total. The predicted molar refractivity (Wildman–Crippen MR) is 54.2 cm³/mol. The van der Waals surface area contributed by atoms with Crippen LogP contribution in [0.5, 0.6) is 0 Å². The third kappa shape index (κ3) is 3.36. The van der Waals surface area contributed by atoms with Gasteiger partial charge in [0.25, 0.3) is 0 Å². The molecule has 5 heteroatoms. The molecule has 1 rings (SSSR count). The van der Waals surface area contributed by atoms with E-state index in [0.717, 1.165) is 9.22 Å². The van der Waals surface area contributed by atoms with Gasteiger partial charge in [0.2, 0.25) is 0 Å². The van der Waals surface area contributed by atoms with E-state index in [9.17, 15) is 4.79 Å². The third-order valence-electron chi connectivity index (χ3n) is 1.33. The van der Waals surface area contributed by atoms with Gasteiger partial charge in [-0.3, -0.25) is 4.79 Å². The van der Waals surface area contributed by atoms with Crippen LogP contribution in [0.3, 0.4) is 0 Å². The van der Waals surface area contributed by atoms with Crippen LogP contribution < -0.4 is 0 Å². The number of carbonyl (C=O) groups is 1. The minimum Gasteiger partial charge on any atom is -0.466 e. The minimum absolute atomic E-state index is 0.182. The molecule has 0 aromatic carbocycles. The Kier molecular flexibility index (Phi) is 4.24. The molecule has 72 valence electrons. The highest BCUT2D eigenvalue weighted by Crippen LogP contribution is 2.22. The topological polar surface area (TPSA) is 39.2 Å². The van der Waals surface area contributed by atoms with E-state index in [0.29, 0.717) is 13.0 Å². The van der Waals surface area contributed by atoms with Crippen molar-refractivity contribution in [2.24, 2.45) is 0 Å². The number of thioether (sulfide) groups is 1. The Morgan fingerprint density at radius 1 is 1.77 bits per heavy atom. The van der Waals surface area contributed by atoms with E-state index < -0.39 is 0 Å². The van der Waals surface area contributed by atoms with Crippen molar-refractivity contribution in [2.45, 2.75) is 17.7 Å². The van der Waals surface area contributed by atoms with Crippen molar-refractivity contribution in [1.29, 1.82) is 0 Å². The Hall–Kier alpha value is -0.550. The van der Waals surface area contributed by atoms with Gasteiger partial charge >= 0.3 is 5.97 Å². The molecule has 0 amide bonds. The maximum absolute atomic E-state index is 11.1. The average molecular weight is 217 g/mol. The second kappa shape index (κ2) is 5.24. The van der Waals surface area contributed by atoms with Gasteiger partial charge in [-0.05, 0) is 13.2 Å². The quantitative estimate of drug-likeness (QED) is 0.571. The third-order valence-corrected chi connectivity index (χ3v) is 3.33. The van der Waals surface area contributed by atoms with Crippen LogP contribution in [0, 0.1) is 0 Å². The largest absolute Gasteiger partial charge is 0.466 e. The van der Waals surface area contributed by atoms with E-state index in [2.05, 4.69) is 4.98 Å². The second-order valence-corrected chi connectivity index (χ2v) is 4.45. The molecule has 0 spiro atoms. The number of ether oxygens (including phenoxy) is 1. The summed E-state index contributed by atoms with van der Waals surface area (Å²) in [7, 11) is 0. The molecule has 0 bridgehead atoms. The van der Waals surface area contributed by atoms with Crippen LogP contribution in [0.2, 0.25) is 0 Å². The monoisotopic (exact) mass is 217 g/mol. The molecule has 0 saturated heterocycles. The van der Waals surface area contributed by atoms with Crippen LogP contribution in [-0.4, -0.2) is 23.8 Å². The Morgan fingerprint density at radius 3 is 3.08 bits per heavy atom. The van der Waals surface area contributed by atoms with Crippen molar-refractivity contribution < 1.29 is 9.53 Å². The summed E-state index contributed by atoms with van der Waals surface area (Å²) in [6, 6.07) is 0. The highest BCUT2D eigenvalue weighted by atomic mass is 32.2. The average Bonchev–Trinajstić information content (AvgIpc) is 2.52. The first-order valence-corrected chi connectivity index (χ1v) is 5.94. The SMILES string of the molecule is CCOC(=O)Cc1cnc(SC)s1. The van der Waals surface area contributed by atoms with Gasteiger partial charge < -0.3 is 4.74 Å². The van der Waals surface area contributed by atoms with Crippen molar-refractivity contribution >= 4 is 29.1 Å². The molecule has 0 radical (unpaired) electrons. The summed E-state index contributed by atoms with van der Waals surface area (Å²) in [6.07, 6.45) is 4.03. The van der Waals surface area contributed by atoms with Gasteiger partial charge in [-0.25, -0.2) is 4.98 Å². The van der Waals surface area contributed by atoms with Crippen LogP contribution in [0.4, 0.5) is 0 Å². The smallest absolute Gasteiger partial charge is 0.311 e. The number of carbonyl (C=O) groups excluding carboxylic acids is 1. The number of aromatic nitrogens is 1. The zero-order valence-corrected chi connectivity index (χ0v) is 9.20. The van der Waals surface area contributed by atoms with Gasteiger partial charge in [-0.15, -0.1) is 11.3 Å². The fraction of sp³-hybridized carbons (Fsp3) is 0.500.